The van der Waals surface area contributed by atoms with Crippen LogP contribution in [0.1, 0.15) is 16.7 Å². The summed E-state index contributed by atoms with van der Waals surface area (Å²) in [5.74, 6) is -0.362. The number of carbonyl (C=O) groups excluding carboxylic acids is 1. The van der Waals surface area contributed by atoms with E-state index in [1.54, 1.807) is 6.07 Å². The van der Waals surface area contributed by atoms with E-state index in [0.29, 0.717) is 5.69 Å². The Labute approximate surface area is 143 Å². The number of rotatable bonds is 6. The summed E-state index contributed by atoms with van der Waals surface area (Å²) in [6, 6.07) is 15.0. The summed E-state index contributed by atoms with van der Waals surface area (Å²) in [6.07, 6.45) is 1.11. The third-order valence-corrected chi connectivity index (χ3v) is 4.73. The Balaban J connectivity index is 2.10. The minimum Gasteiger partial charge on any atom is -0.325 e. The minimum atomic E-state index is -3.50. The van der Waals surface area contributed by atoms with Crippen LogP contribution in [0.3, 0.4) is 0 Å². The van der Waals surface area contributed by atoms with E-state index < -0.39 is 10.0 Å². The van der Waals surface area contributed by atoms with Gasteiger partial charge in [0.25, 0.3) is 0 Å². The first-order chi connectivity index (χ1) is 11.2. The molecule has 128 valence electrons. The first-order valence-electron chi connectivity index (χ1n) is 7.61. The van der Waals surface area contributed by atoms with Crippen molar-refractivity contribution < 1.29 is 13.2 Å². The molecule has 0 saturated carbocycles. The fourth-order valence-corrected chi connectivity index (χ4v) is 3.12. The second-order valence-corrected chi connectivity index (χ2v) is 7.92. The number of anilines is 1. The van der Waals surface area contributed by atoms with Gasteiger partial charge < -0.3 is 5.32 Å². The van der Waals surface area contributed by atoms with Crippen molar-refractivity contribution in [3.8, 4) is 0 Å². The average molecular weight is 346 g/mol. The molecule has 2 aromatic carbocycles. The number of hydrogen-bond acceptors (Lipinski definition) is 3. The maximum atomic E-state index is 12.2. The lowest BCUT2D eigenvalue weighted by molar-refractivity contribution is -0.116. The Bertz CT molecular complexity index is 832. The first kappa shape index (κ1) is 18.2. The number of aryl methyl sites for hydroxylation is 2. The monoisotopic (exact) mass is 346 g/mol. The third kappa shape index (κ3) is 5.47. The Morgan fingerprint density at radius 2 is 1.67 bits per heavy atom. The number of sulfonamides is 1. The Morgan fingerprint density at radius 3 is 2.25 bits per heavy atom. The van der Waals surface area contributed by atoms with E-state index in [2.05, 4.69) is 5.32 Å². The minimum absolute atomic E-state index is 0.168. The molecule has 0 aliphatic heterocycles. The molecule has 0 bridgehead atoms. The smallest absolute Gasteiger partial charge is 0.239 e. The van der Waals surface area contributed by atoms with Crippen molar-refractivity contribution in [3.63, 3.8) is 0 Å². The van der Waals surface area contributed by atoms with Gasteiger partial charge in [-0.3, -0.25) is 4.79 Å². The van der Waals surface area contributed by atoms with Crippen LogP contribution >= 0.6 is 0 Å². The summed E-state index contributed by atoms with van der Waals surface area (Å²) in [5.41, 5.74) is 3.57. The van der Waals surface area contributed by atoms with Gasteiger partial charge in [-0.05, 0) is 37.1 Å². The third-order valence-electron chi connectivity index (χ3n) is 3.53. The van der Waals surface area contributed by atoms with Crippen molar-refractivity contribution >= 4 is 21.6 Å². The number of nitrogens with one attached hydrogen (secondary N) is 1. The fraction of sp³-hybridized carbons (Fsp3) is 0.278. The Morgan fingerprint density at radius 1 is 1.04 bits per heavy atom. The number of hydrogen-bond donors (Lipinski definition) is 1. The summed E-state index contributed by atoms with van der Waals surface area (Å²) in [6.45, 7) is 3.82. The summed E-state index contributed by atoms with van der Waals surface area (Å²) >= 11 is 0. The van der Waals surface area contributed by atoms with Gasteiger partial charge in [0, 0.05) is 12.2 Å². The van der Waals surface area contributed by atoms with Gasteiger partial charge in [-0.1, -0.05) is 42.0 Å². The maximum absolute atomic E-state index is 12.2. The van der Waals surface area contributed by atoms with Crippen LogP contribution in [-0.2, 0) is 21.4 Å². The topological polar surface area (TPSA) is 66.5 Å². The largest absolute Gasteiger partial charge is 0.325 e. The SMILES string of the molecule is Cc1cccc(CN(CC(=O)Nc2cccc(C)c2)S(C)(=O)=O)c1. The number of benzene rings is 2. The van der Waals surface area contributed by atoms with E-state index >= 15 is 0 Å². The van der Waals surface area contributed by atoms with Gasteiger partial charge in [0.2, 0.25) is 15.9 Å². The molecule has 0 radical (unpaired) electrons. The molecule has 5 nitrogen and oxygen atoms in total. The summed E-state index contributed by atoms with van der Waals surface area (Å²) < 4.78 is 25.2. The molecule has 0 unspecified atom stereocenters. The van der Waals surface area contributed by atoms with Gasteiger partial charge in [-0.2, -0.15) is 4.31 Å². The van der Waals surface area contributed by atoms with Crippen LogP contribution in [0, 0.1) is 13.8 Å². The molecule has 1 N–H and O–H groups in total. The van der Waals surface area contributed by atoms with Gasteiger partial charge in [0.05, 0.1) is 12.8 Å². The zero-order valence-corrected chi connectivity index (χ0v) is 14.9. The molecule has 0 spiro atoms. The van der Waals surface area contributed by atoms with Crippen LogP contribution < -0.4 is 5.32 Å². The van der Waals surface area contributed by atoms with E-state index in [4.69, 9.17) is 0 Å². The lowest BCUT2D eigenvalue weighted by Crippen LogP contribution is -2.36. The van der Waals surface area contributed by atoms with E-state index in [-0.39, 0.29) is 19.0 Å². The lowest BCUT2D eigenvalue weighted by Gasteiger charge is -2.20. The van der Waals surface area contributed by atoms with Crippen molar-refractivity contribution in [2.24, 2.45) is 0 Å². The van der Waals surface area contributed by atoms with Crippen molar-refractivity contribution in [1.29, 1.82) is 0 Å². The van der Waals surface area contributed by atoms with Crippen LogP contribution in [0.15, 0.2) is 48.5 Å². The molecule has 6 heteroatoms. The number of nitrogens with zero attached hydrogens (tertiary/aromatic N) is 1. The summed E-state index contributed by atoms with van der Waals surface area (Å²) in [4.78, 5) is 12.2. The molecule has 0 saturated heterocycles. The zero-order chi connectivity index (χ0) is 17.7. The predicted octanol–water partition coefficient (Wildman–Crippen LogP) is 2.70. The van der Waals surface area contributed by atoms with Crippen LogP contribution in [0.5, 0.6) is 0 Å². The van der Waals surface area contributed by atoms with Gasteiger partial charge in [-0.25, -0.2) is 8.42 Å². The zero-order valence-electron chi connectivity index (χ0n) is 14.1. The standard InChI is InChI=1S/C18H22N2O3S/c1-14-6-4-8-16(10-14)12-20(24(3,22)23)13-18(21)19-17-9-5-7-15(2)11-17/h4-11H,12-13H2,1-3H3,(H,19,21). The maximum Gasteiger partial charge on any atom is 0.239 e. The molecule has 1 amide bonds. The highest BCUT2D eigenvalue weighted by atomic mass is 32.2. The van der Waals surface area contributed by atoms with Gasteiger partial charge in [0.15, 0.2) is 0 Å². The summed E-state index contributed by atoms with van der Waals surface area (Å²) in [7, 11) is -3.50. The van der Waals surface area contributed by atoms with E-state index in [0.717, 1.165) is 22.9 Å². The molecule has 2 rings (SSSR count). The van der Waals surface area contributed by atoms with Crippen molar-refractivity contribution in [2.45, 2.75) is 20.4 Å². The molecule has 0 aliphatic rings. The molecular formula is C18H22N2O3S. The van der Waals surface area contributed by atoms with Gasteiger partial charge >= 0.3 is 0 Å². The fourth-order valence-electron chi connectivity index (χ4n) is 2.39. The van der Waals surface area contributed by atoms with Gasteiger partial charge in [0.1, 0.15) is 0 Å². The van der Waals surface area contributed by atoms with Crippen LogP contribution in [-0.4, -0.2) is 31.4 Å². The molecule has 0 aliphatic carbocycles. The molecule has 0 heterocycles. The molecular weight excluding hydrogens is 324 g/mol. The van der Waals surface area contributed by atoms with Crippen LogP contribution in [0.4, 0.5) is 5.69 Å². The highest BCUT2D eigenvalue weighted by molar-refractivity contribution is 7.88. The quantitative estimate of drug-likeness (QED) is 0.874. The van der Waals surface area contributed by atoms with Crippen molar-refractivity contribution in [1.82, 2.24) is 4.31 Å². The van der Waals surface area contributed by atoms with Crippen molar-refractivity contribution in [3.05, 3.63) is 65.2 Å². The number of amides is 1. The first-order valence-corrected chi connectivity index (χ1v) is 9.46. The van der Waals surface area contributed by atoms with Crippen LogP contribution in [0.2, 0.25) is 0 Å². The predicted molar refractivity (Wildman–Crippen MR) is 96.2 cm³/mol. The Hall–Kier alpha value is -2.18. The highest BCUT2D eigenvalue weighted by Gasteiger charge is 2.20. The van der Waals surface area contributed by atoms with Gasteiger partial charge in [-0.15, -0.1) is 0 Å². The highest BCUT2D eigenvalue weighted by Crippen LogP contribution is 2.12. The Kier molecular flexibility index (Phi) is 5.75. The van der Waals surface area contributed by atoms with Crippen molar-refractivity contribution in [2.75, 3.05) is 18.1 Å². The van der Waals surface area contributed by atoms with E-state index in [1.165, 1.54) is 4.31 Å². The molecule has 0 aromatic heterocycles. The second kappa shape index (κ2) is 7.59. The van der Waals surface area contributed by atoms with E-state index in [9.17, 15) is 13.2 Å². The lowest BCUT2D eigenvalue weighted by atomic mass is 10.1. The average Bonchev–Trinajstić information content (AvgIpc) is 2.45. The molecule has 0 fully saturated rings. The van der Waals surface area contributed by atoms with Crippen LogP contribution in [0.25, 0.3) is 0 Å². The molecule has 0 atom stereocenters. The second-order valence-electron chi connectivity index (χ2n) is 5.94. The number of carbonyl (C=O) groups is 1. The molecule has 2 aromatic rings. The van der Waals surface area contributed by atoms with E-state index in [1.807, 2.05) is 56.3 Å². The molecule has 24 heavy (non-hydrogen) atoms. The normalized spacial score (nSPS) is 11.5. The summed E-state index contributed by atoms with van der Waals surface area (Å²) in [5, 5.41) is 2.74.